The number of carbonyl (C=O) groups excluding carboxylic acids is 1. The molecule has 2 atom stereocenters. The SMILES string of the molecule is CC(O)(/C=C/[C@H]1CCC(=O)C1)CCc1cc2ccccc2s1. The van der Waals surface area contributed by atoms with Crippen molar-refractivity contribution in [2.24, 2.45) is 5.92 Å². The molecule has 3 heteroatoms. The average molecular weight is 314 g/mol. The van der Waals surface area contributed by atoms with Crippen LogP contribution in [-0.4, -0.2) is 16.5 Å². The molecule has 0 amide bonds. The van der Waals surface area contributed by atoms with Gasteiger partial charge in [0.2, 0.25) is 0 Å². The van der Waals surface area contributed by atoms with E-state index in [9.17, 15) is 9.90 Å². The van der Waals surface area contributed by atoms with Gasteiger partial charge in [-0.15, -0.1) is 11.3 Å². The summed E-state index contributed by atoms with van der Waals surface area (Å²) in [5.41, 5.74) is -0.804. The average Bonchev–Trinajstić information content (AvgIpc) is 3.09. The van der Waals surface area contributed by atoms with Crippen molar-refractivity contribution < 1.29 is 9.90 Å². The van der Waals surface area contributed by atoms with E-state index < -0.39 is 5.60 Å². The number of thiophene rings is 1. The third-order valence-corrected chi connectivity index (χ3v) is 5.54. The second kappa shape index (κ2) is 6.35. The normalized spacial score (nSPS) is 21.7. The first-order valence-electron chi connectivity index (χ1n) is 7.93. The summed E-state index contributed by atoms with van der Waals surface area (Å²) in [6, 6.07) is 10.6. The molecule has 1 unspecified atom stereocenters. The van der Waals surface area contributed by atoms with Gasteiger partial charge in [-0.3, -0.25) is 4.79 Å². The largest absolute Gasteiger partial charge is 0.386 e. The quantitative estimate of drug-likeness (QED) is 0.824. The molecule has 0 aliphatic heterocycles. The molecule has 3 rings (SSSR count). The number of allylic oxidation sites excluding steroid dienone is 1. The van der Waals surface area contributed by atoms with Crippen LogP contribution in [-0.2, 0) is 11.2 Å². The van der Waals surface area contributed by atoms with Gasteiger partial charge in [0.1, 0.15) is 5.78 Å². The van der Waals surface area contributed by atoms with Gasteiger partial charge in [-0.25, -0.2) is 0 Å². The van der Waals surface area contributed by atoms with Crippen molar-refractivity contribution >= 4 is 27.2 Å². The molecular weight excluding hydrogens is 292 g/mol. The lowest BCUT2D eigenvalue weighted by atomic mass is 9.96. The summed E-state index contributed by atoms with van der Waals surface area (Å²) in [4.78, 5) is 12.6. The molecule has 1 aliphatic rings. The zero-order valence-corrected chi connectivity index (χ0v) is 13.7. The number of ketones is 1. The minimum absolute atomic E-state index is 0.323. The molecule has 1 N–H and O–H groups in total. The molecule has 2 nitrogen and oxygen atoms in total. The van der Waals surface area contributed by atoms with Crippen LogP contribution < -0.4 is 0 Å². The maximum atomic E-state index is 11.3. The molecule has 2 aromatic rings. The van der Waals surface area contributed by atoms with Crippen LogP contribution in [0.5, 0.6) is 0 Å². The smallest absolute Gasteiger partial charge is 0.133 e. The number of aliphatic hydroxyl groups is 1. The van der Waals surface area contributed by atoms with Crippen molar-refractivity contribution in [3.63, 3.8) is 0 Å². The first-order valence-corrected chi connectivity index (χ1v) is 8.74. The van der Waals surface area contributed by atoms with E-state index in [0.29, 0.717) is 31.0 Å². The summed E-state index contributed by atoms with van der Waals surface area (Å²) in [7, 11) is 0. The van der Waals surface area contributed by atoms with E-state index in [1.165, 1.54) is 15.0 Å². The summed E-state index contributed by atoms with van der Waals surface area (Å²) in [6.45, 7) is 1.85. The Morgan fingerprint density at radius 2 is 2.23 bits per heavy atom. The van der Waals surface area contributed by atoms with Crippen LogP contribution in [0.15, 0.2) is 42.5 Å². The van der Waals surface area contributed by atoms with Crippen molar-refractivity contribution in [1.82, 2.24) is 0 Å². The third kappa shape index (κ3) is 3.84. The highest BCUT2D eigenvalue weighted by atomic mass is 32.1. The van der Waals surface area contributed by atoms with Crippen LogP contribution in [0.25, 0.3) is 10.1 Å². The number of Topliss-reactive ketones (excluding diaryl/α,β-unsaturated/α-hetero) is 1. The number of benzene rings is 1. The Balaban J connectivity index is 1.59. The maximum absolute atomic E-state index is 11.3. The molecule has 0 spiro atoms. The van der Waals surface area contributed by atoms with Gasteiger partial charge in [0, 0.05) is 22.4 Å². The minimum atomic E-state index is -0.804. The number of hydrogen-bond acceptors (Lipinski definition) is 3. The predicted molar refractivity (Wildman–Crippen MR) is 92.3 cm³/mol. The Bertz CT molecular complexity index is 663. The zero-order chi connectivity index (χ0) is 15.6. The van der Waals surface area contributed by atoms with Crippen LogP contribution in [0.1, 0.15) is 37.5 Å². The molecule has 1 aromatic carbocycles. The summed E-state index contributed by atoms with van der Waals surface area (Å²) in [5, 5.41) is 11.8. The Morgan fingerprint density at radius 3 is 2.95 bits per heavy atom. The highest BCUT2D eigenvalue weighted by molar-refractivity contribution is 7.19. The van der Waals surface area contributed by atoms with Crippen molar-refractivity contribution in [2.45, 2.75) is 44.6 Å². The van der Waals surface area contributed by atoms with Gasteiger partial charge in [0.25, 0.3) is 0 Å². The molecule has 1 aliphatic carbocycles. The first-order chi connectivity index (χ1) is 10.5. The van der Waals surface area contributed by atoms with Crippen molar-refractivity contribution in [3.05, 3.63) is 47.4 Å². The van der Waals surface area contributed by atoms with E-state index in [-0.39, 0.29) is 0 Å². The number of fused-ring (bicyclic) bond motifs is 1. The van der Waals surface area contributed by atoms with Gasteiger partial charge in [-0.1, -0.05) is 30.4 Å². The number of rotatable bonds is 5. The van der Waals surface area contributed by atoms with E-state index in [1.54, 1.807) is 11.3 Å². The number of carbonyl (C=O) groups is 1. The monoisotopic (exact) mass is 314 g/mol. The Hall–Kier alpha value is -1.45. The van der Waals surface area contributed by atoms with E-state index >= 15 is 0 Å². The van der Waals surface area contributed by atoms with Gasteiger partial charge >= 0.3 is 0 Å². The lowest BCUT2D eigenvalue weighted by Gasteiger charge is -2.19. The Kier molecular flexibility index (Phi) is 4.46. The van der Waals surface area contributed by atoms with Crippen molar-refractivity contribution in [3.8, 4) is 0 Å². The molecule has 116 valence electrons. The predicted octanol–water partition coefficient (Wildman–Crippen LogP) is 4.51. The fourth-order valence-electron chi connectivity index (χ4n) is 2.97. The van der Waals surface area contributed by atoms with Gasteiger partial charge in [0.05, 0.1) is 5.60 Å². The minimum Gasteiger partial charge on any atom is -0.386 e. The lowest BCUT2D eigenvalue weighted by Crippen LogP contribution is -2.21. The lowest BCUT2D eigenvalue weighted by molar-refractivity contribution is -0.117. The molecule has 0 radical (unpaired) electrons. The molecule has 0 bridgehead atoms. The second-order valence-electron chi connectivity index (χ2n) is 6.51. The summed E-state index contributed by atoms with van der Waals surface area (Å²) < 4.78 is 1.30. The van der Waals surface area contributed by atoms with Crippen LogP contribution >= 0.6 is 11.3 Å². The van der Waals surface area contributed by atoms with Gasteiger partial charge < -0.3 is 5.11 Å². The standard InChI is InChI=1S/C19H22O2S/c1-19(21,10-8-14-6-7-16(20)12-14)11-9-17-13-15-4-2-3-5-18(15)22-17/h2-5,8,10,13-14,21H,6-7,9,11-12H2,1H3/b10-8+/t14-,19?/m1/s1. The first kappa shape index (κ1) is 15.4. The van der Waals surface area contributed by atoms with Gasteiger partial charge in [-0.05, 0) is 49.6 Å². The highest BCUT2D eigenvalue weighted by Crippen LogP contribution is 2.29. The van der Waals surface area contributed by atoms with E-state index in [4.69, 9.17) is 0 Å². The molecule has 1 fully saturated rings. The van der Waals surface area contributed by atoms with Crippen LogP contribution in [0.3, 0.4) is 0 Å². The number of aryl methyl sites for hydroxylation is 1. The second-order valence-corrected chi connectivity index (χ2v) is 7.68. The third-order valence-electron chi connectivity index (χ3n) is 4.37. The van der Waals surface area contributed by atoms with E-state index in [0.717, 1.165) is 12.8 Å². The van der Waals surface area contributed by atoms with Crippen molar-refractivity contribution in [1.29, 1.82) is 0 Å². The molecule has 1 aromatic heterocycles. The van der Waals surface area contributed by atoms with Crippen LogP contribution in [0.2, 0.25) is 0 Å². The highest BCUT2D eigenvalue weighted by Gasteiger charge is 2.22. The number of hydrogen-bond donors (Lipinski definition) is 1. The molecule has 0 saturated heterocycles. The molecule has 1 heterocycles. The van der Waals surface area contributed by atoms with Crippen LogP contribution in [0, 0.1) is 5.92 Å². The Morgan fingerprint density at radius 1 is 1.41 bits per heavy atom. The molecular formula is C19H22O2S. The summed E-state index contributed by atoms with van der Waals surface area (Å²) in [6.07, 6.45) is 7.78. The maximum Gasteiger partial charge on any atom is 0.133 e. The Labute approximate surface area is 135 Å². The molecule has 22 heavy (non-hydrogen) atoms. The van der Waals surface area contributed by atoms with Gasteiger partial charge in [0.15, 0.2) is 0 Å². The summed E-state index contributed by atoms with van der Waals surface area (Å²) in [5.74, 6) is 0.669. The fourth-order valence-corrected chi connectivity index (χ4v) is 4.03. The van der Waals surface area contributed by atoms with Gasteiger partial charge in [-0.2, -0.15) is 0 Å². The topological polar surface area (TPSA) is 37.3 Å². The van der Waals surface area contributed by atoms with E-state index in [1.807, 2.05) is 19.1 Å². The van der Waals surface area contributed by atoms with E-state index in [2.05, 4.69) is 30.3 Å². The summed E-state index contributed by atoms with van der Waals surface area (Å²) >= 11 is 1.80. The fraction of sp³-hybridized carbons (Fsp3) is 0.421. The van der Waals surface area contributed by atoms with Crippen molar-refractivity contribution in [2.75, 3.05) is 0 Å². The molecule has 1 saturated carbocycles. The zero-order valence-electron chi connectivity index (χ0n) is 12.9. The van der Waals surface area contributed by atoms with Crippen LogP contribution in [0.4, 0.5) is 0 Å².